The van der Waals surface area contributed by atoms with Gasteiger partial charge < -0.3 is 0 Å². The van der Waals surface area contributed by atoms with Gasteiger partial charge in [-0.3, -0.25) is 4.57 Å². The molecule has 0 bridgehead atoms. The minimum Gasteiger partial charge on any atom is -0.292 e. The monoisotopic (exact) mass is 697 g/mol. The topological polar surface area (TPSA) is 30.7 Å². The summed E-state index contributed by atoms with van der Waals surface area (Å²) in [5.41, 5.74) is 13.2. The zero-order valence-corrected chi connectivity index (χ0v) is 29.9. The summed E-state index contributed by atoms with van der Waals surface area (Å²) >= 11 is 3.63. The number of fused-ring (bicyclic) bond motifs is 7. The standard InChI is InChI=1S/C47H27N3S2/c1-47(2)31-14-5-3-10-26(31)30-23-25(17-19-32(30)47)43-45(49-46-44(48-43)29-11-4-6-15-35(29)52-46)50-33-20-18-24-9-7-12-27-28-13-8-16-36-39(28)42-37(51-36)22-21-34(50)41(42)40(33)38(24)27/h3-23H,1-2H3. The molecule has 4 heterocycles. The molecule has 0 N–H and O–H groups in total. The Morgan fingerprint density at radius 1 is 0.519 bits per heavy atom. The third-order valence-electron chi connectivity index (χ3n) is 11.9. The molecule has 4 aromatic heterocycles. The first-order chi connectivity index (χ1) is 25.5. The van der Waals surface area contributed by atoms with Crippen LogP contribution in [-0.4, -0.2) is 14.5 Å². The zero-order valence-electron chi connectivity index (χ0n) is 28.3. The van der Waals surface area contributed by atoms with Crippen molar-refractivity contribution in [2.45, 2.75) is 19.3 Å². The summed E-state index contributed by atoms with van der Waals surface area (Å²) in [7, 11) is 0. The fraction of sp³-hybridized carbons (Fsp3) is 0.0638. The Bertz CT molecular complexity index is 3450. The lowest BCUT2D eigenvalue weighted by Crippen LogP contribution is -2.14. The van der Waals surface area contributed by atoms with Gasteiger partial charge in [-0.05, 0) is 80.6 Å². The van der Waals surface area contributed by atoms with Gasteiger partial charge in [-0.15, -0.1) is 22.7 Å². The average molecular weight is 698 g/mol. The largest absolute Gasteiger partial charge is 0.292 e. The molecule has 52 heavy (non-hydrogen) atoms. The first kappa shape index (κ1) is 27.8. The molecule has 3 nitrogen and oxygen atoms in total. The second-order valence-corrected chi connectivity index (χ2v) is 17.0. The van der Waals surface area contributed by atoms with Crippen molar-refractivity contribution in [3.63, 3.8) is 0 Å². The Morgan fingerprint density at radius 3 is 2.15 bits per heavy atom. The average Bonchev–Trinajstić information content (AvgIpc) is 3.88. The van der Waals surface area contributed by atoms with Crippen LogP contribution in [0.25, 0.3) is 113 Å². The van der Waals surface area contributed by atoms with Gasteiger partial charge in [-0.25, -0.2) is 9.97 Å². The molecule has 5 heteroatoms. The van der Waals surface area contributed by atoms with Gasteiger partial charge in [0.1, 0.15) is 16.0 Å². The van der Waals surface area contributed by atoms with Crippen LogP contribution in [-0.2, 0) is 5.41 Å². The number of thiophene rings is 2. The SMILES string of the molecule is CC1(C)c2ccccc2-c2cc(-c3nc4c(nc3-n3c5ccc6cccc7c6c5c5c6c(ccc53)sc3cccc-7c36)sc3ccccc34)ccc21. The molecule has 0 saturated carbocycles. The van der Waals surface area contributed by atoms with Crippen molar-refractivity contribution in [3.8, 4) is 39.3 Å². The van der Waals surface area contributed by atoms with E-state index in [0.29, 0.717) is 0 Å². The van der Waals surface area contributed by atoms with Crippen molar-refractivity contribution in [2.75, 3.05) is 0 Å². The summed E-state index contributed by atoms with van der Waals surface area (Å²) in [5.74, 6) is 0.876. The number of rotatable bonds is 2. The van der Waals surface area contributed by atoms with Gasteiger partial charge in [-0.2, -0.15) is 0 Å². The van der Waals surface area contributed by atoms with E-state index in [4.69, 9.17) is 9.97 Å². The maximum absolute atomic E-state index is 5.64. The third-order valence-corrected chi connectivity index (χ3v) is 14.1. The van der Waals surface area contributed by atoms with Gasteiger partial charge >= 0.3 is 0 Å². The predicted molar refractivity (Wildman–Crippen MR) is 222 cm³/mol. The lowest BCUT2D eigenvalue weighted by molar-refractivity contribution is 0.660. The van der Waals surface area contributed by atoms with E-state index in [9.17, 15) is 0 Å². The fourth-order valence-electron chi connectivity index (χ4n) is 9.68. The lowest BCUT2D eigenvalue weighted by atomic mass is 9.82. The Labute approximate surface area is 306 Å². The number of aromatic nitrogens is 3. The van der Waals surface area contributed by atoms with Gasteiger partial charge in [0.05, 0.1) is 11.0 Å². The minimum absolute atomic E-state index is 0.0701. The van der Waals surface area contributed by atoms with Crippen molar-refractivity contribution in [2.24, 2.45) is 0 Å². The number of hydrogen-bond acceptors (Lipinski definition) is 4. The minimum atomic E-state index is -0.0701. The van der Waals surface area contributed by atoms with Gasteiger partial charge in [0.25, 0.3) is 0 Å². The molecular weight excluding hydrogens is 671 g/mol. The molecule has 0 atom stereocenters. The second kappa shape index (κ2) is 9.31. The predicted octanol–water partition coefficient (Wildman–Crippen LogP) is 13.4. The van der Waals surface area contributed by atoms with Crippen LogP contribution >= 0.6 is 22.7 Å². The molecule has 13 rings (SSSR count). The van der Waals surface area contributed by atoms with E-state index in [-0.39, 0.29) is 5.41 Å². The first-order valence-corrected chi connectivity index (χ1v) is 19.5. The molecule has 0 fully saturated rings. The van der Waals surface area contributed by atoms with E-state index in [1.165, 1.54) is 90.8 Å². The smallest absolute Gasteiger partial charge is 0.166 e. The van der Waals surface area contributed by atoms with E-state index < -0.39 is 0 Å². The zero-order chi connectivity index (χ0) is 34.0. The molecular formula is C47H27N3S2. The summed E-state index contributed by atoms with van der Waals surface area (Å²) in [6.45, 7) is 4.68. The molecule has 0 spiro atoms. The molecule has 2 aliphatic rings. The summed E-state index contributed by atoms with van der Waals surface area (Å²) in [6, 6.07) is 47.3. The van der Waals surface area contributed by atoms with Gasteiger partial charge in [-0.1, -0.05) is 105 Å². The van der Waals surface area contributed by atoms with Crippen LogP contribution in [0.3, 0.4) is 0 Å². The van der Waals surface area contributed by atoms with Crippen molar-refractivity contribution in [1.82, 2.24) is 14.5 Å². The van der Waals surface area contributed by atoms with Crippen LogP contribution in [0.2, 0.25) is 0 Å². The summed E-state index contributed by atoms with van der Waals surface area (Å²) in [4.78, 5) is 12.2. The highest BCUT2D eigenvalue weighted by Gasteiger charge is 2.36. The molecule has 0 saturated heterocycles. The van der Waals surface area contributed by atoms with Crippen LogP contribution < -0.4 is 0 Å². The van der Waals surface area contributed by atoms with Crippen LogP contribution in [0.4, 0.5) is 0 Å². The van der Waals surface area contributed by atoms with Crippen LogP contribution in [0.1, 0.15) is 25.0 Å². The Balaban J connectivity index is 1.22. The van der Waals surface area contributed by atoms with Crippen molar-refractivity contribution >= 4 is 95.9 Å². The van der Waals surface area contributed by atoms with Gasteiger partial charge in [0, 0.05) is 52.0 Å². The van der Waals surface area contributed by atoms with Crippen LogP contribution in [0.15, 0.2) is 127 Å². The molecule has 11 aromatic rings. The molecule has 0 amide bonds. The van der Waals surface area contributed by atoms with Crippen LogP contribution in [0, 0.1) is 0 Å². The maximum atomic E-state index is 5.64. The van der Waals surface area contributed by atoms with Gasteiger partial charge in [0.15, 0.2) is 5.82 Å². The van der Waals surface area contributed by atoms with Crippen LogP contribution in [0.5, 0.6) is 0 Å². The number of hydrogen-bond donors (Lipinski definition) is 0. The van der Waals surface area contributed by atoms with E-state index in [1.807, 2.05) is 11.3 Å². The van der Waals surface area contributed by atoms with Crippen molar-refractivity contribution in [1.29, 1.82) is 0 Å². The highest BCUT2D eigenvalue weighted by Crippen LogP contribution is 2.53. The molecule has 7 aromatic carbocycles. The van der Waals surface area contributed by atoms with E-state index in [1.54, 1.807) is 11.3 Å². The quantitative estimate of drug-likeness (QED) is 0.180. The second-order valence-electron chi connectivity index (χ2n) is 14.9. The first-order valence-electron chi connectivity index (χ1n) is 17.8. The molecule has 0 aliphatic heterocycles. The van der Waals surface area contributed by atoms with E-state index >= 15 is 0 Å². The number of nitrogens with zero attached hydrogens (tertiary/aromatic N) is 3. The molecule has 242 valence electrons. The van der Waals surface area contributed by atoms with Crippen molar-refractivity contribution < 1.29 is 0 Å². The number of benzene rings is 7. The van der Waals surface area contributed by atoms with E-state index in [2.05, 4.69) is 146 Å². The Morgan fingerprint density at radius 2 is 1.23 bits per heavy atom. The van der Waals surface area contributed by atoms with Crippen molar-refractivity contribution in [3.05, 3.63) is 139 Å². The normalized spacial score (nSPS) is 14.1. The highest BCUT2D eigenvalue weighted by molar-refractivity contribution is 7.26. The maximum Gasteiger partial charge on any atom is 0.166 e. The fourth-order valence-corrected chi connectivity index (χ4v) is 11.8. The van der Waals surface area contributed by atoms with Gasteiger partial charge in [0.2, 0.25) is 0 Å². The Hall–Kier alpha value is -5.88. The highest BCUT2D eigenvalue weighted by atomic mass is 32.1. The third kappa shape index (κ3) is 3.24. The Kier molecular flexibility index (Phi) is 4.98. The lowest BCUT2D eigenvalue weighted by Gasteiger charge is -2.21. The summed E-state index contributed by atoms with van der Waals surface area (Å²) in [6.07, 6.45) is 0. The summed E-state index contributed by atoms with van der Waals surface area (Å²) < 4.78 is 6.29. The summed E-state index contributed by atoms with van der Waals surface area (Å²) in [5, 5.41) is 9.07. The van der Waals surface area contributed by atoms with E-state index in [0.717, 1.165) is 32.8 Å². The molecule has 0 unspecified atom stereocenters. The molecule has 2 aliphatic carbocycles. The molecule has 0 radical (unpaired) electrons.